The molecule has 0 N–H and O–H groups in total. The minimum atomic E-state index is 0.00508. The highest BCUT2D eigenvalue weighted by atomic mass is 32.2. The van der Waals surface area contributed by atoms with Gasteiger partial charge in [0.25, 0.3) is 0 Å². The van der Waals surface area contributed by atoms with Crippen LogP contribution < -0.4 is 14.4 Å². The first-order chi connectivity index (χ1) is 15.3. The van der Waals surface area contributed by atoms with Gasteiger partial charge in [0.2, 0.25) is 12.7 Å². The number of morpholine rings is 1. The maximum Gasteiger partial charge on any atom is 0.231 e. The van der Waals surface area contributed by atoms with E-state index in [1.165, 1.54) is 11.8 Å². The van der Waals surface area contributed by atoms with Crippen LogP contribution in [-0.2, 0) is 11.3 Å². The first kappa shape index (κ1) is 19.9. The molecule has 2 aromatic carbocycles. The van der Waals surface area contributed by atoms with Crippen molar-refractivity contribution in [1.82, 2.24) is 14.8 Å². The number of hydrogen-bond donors (Lipinski definition) is 0. The van der Waals surface area contributed by atoms with Crippen molar-refractivity contribution in [1.29, 1.82) is 0 Å². The summed E-state index contributed by atoms with van der Waals surface area (Å²) in [6.45, 7) is 3.71. The summed E-state index contributed by atoms with van der Waals surface area (Å²) in [4.78, 5) is 15.0. The molecule has 0 atom stereocenters. The molecule has 1 aromatic heterocycles. The Morgan fingerprint density at radius 2 is 1.81 bits per heavy atom. The van der Waals surface area contributed by atoms with Crippen molar-refractivity contribution in [2.75, 3.05) is 43.7 Å². The summed E-state index contributed by atoms with van der Waals surface area (Å²) >= 11 is 1.40. The van der Waals surface area contributed by atoms with Gasteiger partial charge in [-0.2, -0.15) is 0 Å². The number of anilines is 1. The molecule has 0 aliphatic carbocycles. The van der Waals surface area contributed by atoms with E-state index in [4.69, 9.17) is 14.2 Å². The molecule has 1 saturated heterocycles. The molecule has 0 spiro atoms. The van der Waals surface area contributed by atoms with Crippen molar-refractivity contribution in [3.05, 3.63) is 59.7 Å². The average molecular weight is 439 g/mol. The van der Waals surface area contributed by atoms with Crippen LogP contribution >= 0.6 is 11.8 Å². The van der Waals surface area contributed by atoms with Crippen molar-refractivity contribution < 1.29 is 19.0 Å². The molecular formula is C22H22N4O4S. The summed E-state index contributed by atoms with van der Waals surface area (Å²) in [5.74, 6) is 2.35. The molecular weight excluding hydrogens is 416 g/mol. The Bertz CT molecular complexity index is 1070. The Balaban J connectivity index is 1.35. The lowest BCUT2D eigenvalue weighted by Gasteiger charge is -2.28. The molecule has 2 aliphatic rings. The minimum absolute atomic E-state index is 0.00508. The predicted molar refractivity (Wildman–Crippen MR) is 116 cm³/mol. The van der Waals surface area contributed by atoms with Crippen LogP contribution in [0.25, 0.3) is 0 Å². The summed E-state index contributed by atoms with van der Waals surface area (Å²) < 4.78 is 18.3. The first-order valence-corrected chi connectivity index (χ1v) is 11.1. The van der Waals surface area contributed by atoms with Gasteiger partial charge in [-0.1, -0.05) is 42.1 Å². The number of thioether (sulfide) groups is 1. The Morgan fingerprint density at radius 3 is 2.65 bits per heavy atom. The highest BCUT2D eigenvalue weighted by Crippen LogP contribution is 2.33. The van der Waals surface area contributed by atoms with Crippen LogP contribution in [0.4, 0.5) is 5.95 Å². The van der Waals surface area contributed by atoms with Gasteiger partial charge in [0.1, 0.15) is 0 Å². The second-order valence-electron chi connectivity index (χ2n) is 7.23. The average Bonchev–Trinajstić information content (AvgIpc) is 3.45. The predicted octanol–water partition coefficient (Wildman–Crippen LogP) is 2.87. The Hall–Kier alpha value is -3.04. The summed E-state index contributed by atoms with van der Waals surface area (Å²) in [5, 5.41) is 9.58. The third kappa shape index (κ3) is 4.38. The number of hydrogen-bond acceptors (Lipinski definition) is 8. The molecule has 3 aromatic rings. The molecule has 9 heteroatoms. The van der Waals surface area contributed by atoms with E-state index in [0.717, 1.165) is 29.8 Å². The van der Waals surface area contributed by atoms with Crippen molar-refractivity contribution >= 4 is 23.5 Å². The number of aromatic nitrogens is 3. The number of carbonyl (C=O) groups is 1. The Morgan fingerprint density at radius 1 is 1.00 bits per heavy atom. The van der Waals surface area contributed by atoms with Crippen LogP contribution in [0, 0.1) is 0 Å². The number of rotatable bonds is 7. The molecule has 8 nitrogen and oxygen atoms in total. The lowest BCUT2D eigenvalue weighted by molar-refractivity contribution is 0.102. The fraction of sp³-hybridized carbons (Fsp3) is 0.318. The normalized spacial score (nSPS) is 15.3. The van der Waals surface area contributed by atoms with Gasteiger partial charge in [-0.25, -0.2) is 0 Å². The van der Waals surface area contributed by atoms with Crippen LogP contribution in [0.15, 0.2) is 53.7 Å². The van der Waals surface area contributed by atoms with Crippen molar-refractivity contribution in [2.45, 2.75) is 11.7 Å². The molecule has 0 bridgehead atoms. The maximum absolute atomic E-state index is 12.8. The van der Waals surface area contributed by atoms with E-state index >= 15 is 0 Å². The van der Waals surface area contributed by atoms with Gasteiger partial charge in [0.05, 0.1) is 25.5 Å². The van der Waals surface area contributed by atoms with E-state index < -0.39 is 0 Å². The van der Waals surface area contributed by atoms with Crippen LogP contribution in [0.2, 0.25) is 0 Å². The summed E-state index contributed by atoms with van der Waals surface area (Å²) in [5.41, 5.74) is 1.75. The topological polar surface area (TPSA) is 78.7 Å². The quantitative estimate of drug-likeness (QED) is 0.412. The van der Waals surface area contributed by atoms with E-state index in [0.29, 0.717) is 36.8 Å². The van der Waals surface area contributed by atoms with Crippen LogP contribution in [0.5, 0.6) is 11.5 Å². The van der Waals surface area contributed by atoms with E-state index in [1.54, 1.807) is 18.2 Å². The highest BCUT2D eigenvalue weighted by molar-refractivity contribution is 7.99. The standard InChI is InChI=1S/C22H22N4O4S/c27-18(17-6-7-19-20(12-17)30-15-29-19)14-31-22-24-23-21(25-8-10-28-11-9-25)26(22)13-16-4-2-1-3-5-16/h1-7,12H,8-11,13-15H2. The number of Topliss-reactive ketones (excluding diaryl/α,β-unsaturated/α-hetero) is 1. The molecule has 3 heterocycles. The largest absolute Gasteiger partial charge is 0.454 e. The third-order valence-corrected chi connectivity index (χ3v) is 6.17. The van der Waals surface area contributed by atoms with Crippen molar-refractivity contribution in [2.24, 2.45) is 0 Å². The lowest BCUT2D eigenvalue weighted by atomic mass is 10.1. The first-order valence-electron chi connectivity index (χ1n) is 10.1. The summed E-state index contributed by atoms with van der Waals surface area (Å²) in [6, 6.07) is 15.5. The minimum Gasteiger partial charge on any atom is -0.454 e. The van der Waals surface area contributed by atoms with Gasteiger partial charge in [-0.05, 0) is 23.8 Å². The molecule has 1 fully saturated rings. The Kier molecular flexibility index (Phi) is 5.77. The zero-order chi connectivity index (χ0) is 21.0. The van der Waals surface area contributed by atoms with E-state index in [9.17, 15) is 4.79 Å². The van der Waals surface area contributed by atoms with Gasteiger partial charge in [0, 0.05) is 18.7 Å². The zero-order valence-corrected chi connectivity index (χ0v) is 17.7. The molecule has 2 aliphatic heterocycles. The fourth-order valence-electron chi connectivity index (χ4n) is 3.57. The fourth-order valence-corrected chi connectivity index (χ4v) is 4.40. The van der Waals surface area contributed by atoms with Gasteiger partial charge < -0.3 is 19.1 Å². The number of fused-ring (bicyclic) bond motifs is 1. The number of ether oxygens (including phenoxy) is 3. The Labute approximate surface area is 184 Å². The van der Waals surface area contributed by atoms with Crippen molar-refractivity contribution in [3.63, 3.8) is 0 Å². The monoisotopic (exact) mass is 438 g/mol. The second kappa shape index (κ2) is 8.99. The molecule has 31 heavy (non-hydrogen) atoms. The maximum atomic E-state index is 12.8. The van der Waals surface area contributed by atoms with Crippen LogP contribution in [0.3, 0.4) is 0 Å². The van der Waals surface area contributed by atoms with Crippen LogP contribution in [-0.4, -0.2) is 59.4 Å². The molecule has 160 valence electrons. The van der Waals surface area contributed by atoms with E-state index in [1.807, 2.05) is 18.2 Å². The molecule has 0 unspecified atom stereocenters. The van der Waals surface area contributed by atoms with Gasteiger partial charge in [-0.3, -0.25) is 9.36 Å². The molecule has 0 radical (unpaired) electrons. The van der Waals surface area contributed by atoms with Crippen molar-refractivity contribution in [3.8, 4) is 11.5 Å². The smallest absolute Gasteiger partial charge is 0.231 e. The van der Waals surface area contributed by atoms with Crippen LogP contribution in [0.1, 0.15) is 15.9 Å². The van der Waals surface area contributed by atoms with E-state index in [-0.39, 0.29) is 18.3 Å². The molecule has 0 amide bonds. The molecule has 0 saturated carbocycles. The number of benzene rings is 2. The zero-order valence-electron chi connectivity index (χ0n) is 16.9. The third-order valence-electron chi connectivity index (χ3n) is 5.20. The number of nitrogens with zero attached hydrogens (tertiary/aromatic N) is 4. The molecule has 5 rings (SSSR count). The summed E-state index contributed by atoms with van der Waals surface area (Å²) in [7, 11) is 0. The van der Waals surface area contributed by atoms with Gasteiger partial charge in [0.15, 0.2) is 22.4 Å². The number of carbonyl (C=O) groups excluding carboxylic acids is 1. The second-order valence-corrected chi connectivity index (χ2v) is 8.18. The lowest BCUT2D eigenvalue weighted by Crippen LogP contribution is -2.38. The van der Waals surface area contributed by atoms with E-state index in [2.05, 4.69) is 31.8 Å². The highest BCUT2D eigenvalue weighted by Gasteiger charge is 2.22. The summed E-state index contributed by atoms with van der Waals surface area (Å²) in [6.07, 6.45) is 0. The SMILES string of the molecule is O=C(CSc1nnc(N2CCOCC2)n1Cc1ccccc1)c1ccc2c(c1)OCO2. The number of ketones is 1. The van der Waals surface area contributed by atoms with Gasteiger partial charge in [-0.15, -0.1) is 10.2 Å². The van der Waals surface area contributed by atoms with Gasteiger partial charge >= 0.3 is 0 Å².